The number of carbonyl (C=O) groups is 1. The van der Waals surface area contributed by atoms with Gasteiger partial charge in [-0.2, -0.15) is 0 Å². The first-order valence-corrected chi connectivity index (χ1v) is 10.3. The lowest BCUT2D eigenvalue weighted by atomic mass is 10.3. The lowest BCUT2D eigenvalue weighted by Crippen LogP contribution is -2.46. The predicted molar refractivity (Wildman–Crippen MR) is 108 cm³/mol. The number of aromatic nitrogens is 3. The van der Waals surface area contributed by atoms with E-state index in [1.165, 1.54) is 11.8 Å². The summed E-state index contributed by atoms with van der Waals surface area (Å²) in [6.07, 6.45) is 3.44. The molecule has 0 bridgehead atoms. The van der Waals surface area contributed by atoms with E-state index in [9.17, 15) is 4.79 Å². The lowest BCUT2D eigenvalue weighted by Gasteiger charge is -2.34. The first kappa shape index (κ1) is 19.9. The Hall–Kier alpha value is -1.90. The van der Waals surface area contributed by atoms with Crippen LogP contribution in [-0.4, -0.2) is 64.2 Å². The SMILES string of the molecule is CCN1CCN(c2cc(Cl)nc(SCC(=O)NCc3cccnc3)n2)CC1. The van der Waals surface area contributed by atoms with Gasteiger partial charge in [0.2, 0.25) is 5.91 Å². The minimum absolute atomic E-state index is 0.0782. The zero-order chi connectivity index (χ0) is 19.1. The van der Waals surface area contributed by atoms with Gasteiger partial charge in [0.15, 0.2) is 5.16 Å². The summed E-state index contributed by atoms with van der Waals surface area (Å²) in [4.78, 5) is 29.5. The fourth-order valence-electron chi connectivity index (χ4n) is 2.79. The van der Waals surface area contributed by atoms with Crippen LogP contribution in [0.5, 0.6) is 0 Å². The molecule has 1 saturated heterocycles. The molecule has 0 atom stereocenters. The molecule has 1 aliphatic heterocycles. The quantitative estimate of drug-likeness (QED) is 0.428. The number of amides is 1. The van der Waals surface area contributed by atoms with Crippen molar-refractivity contribution >= 4 is 35.1 Å². The highest BCUT2D eigenvalue weighted by atomic mass is 35.5. The van der Waals surface area contributed by atoms with Crippen LogP contribution in [0.2, 0.25) is 5.15 Å². The number of nitrogens with one attached hydrogen (secondary N) is 1. The fraction of sp³-hybridized carbons (Fsp3) is 0.444. The highest BCUT2D eigenvalue weighted by Gasteiger charge is 2.18. The van der Waals surface area contributed by atoms with Crippen LogP contribution in [0.3, 0.4) is 0 Å². The number of hydrogen-bond acceptors (Lipinski definition) is 7. The van der Waals surface area contributed by atoms with E-state index in [0.717, 1.165) is 44.1 Å². The zero-order valence-electron chi connectivity index (χ0n) is 15.3. The molecular formula is C18H23ClN6OS. The van der Waals surface area contributed by atoms with Crippen LogP contribution >= 0.6 is 23.4 Å². The smallest absolute Gasteiger partial charge is 0.230 e. The Morgan fingerprint density at radius 2 is 2.11 bits per heavy atom. The molecule has 0 saturated carbocycles. The van der Waals surface area contributed by atoms with Crippen LogP contribution in [0, 0.1) is 0 Å². The maximum absolute atomic E-state index is 12.1. The summed E-state index contributed by atoms with van der Waals surface area (Å²) >= 11 is 7.46. The van der Waals surface area contributed by atoms with Gasteiger partial charge in [0.25, 0.3) is 0 Å². The van der Waals surface area contributed by atoms with E-state index in [1.807, 2.05) is 12.1 Å². The van der Waals surface area contributed by atoms with Crippen molar-refractivity contribution in [2.45, 2.75) is 18.6 Å². The Morgan fingerprint density at radius 3 is 2.81 bits per heavy atom. The molecule has 0 radical (unpaired) electrons. The van der Waals surface area contributed by atoms with Crippen LogP contribution in [0.1, 0.15) is 12.5 Å². The van der Waals surface area contributed by atoms with Crippen molar-refractivity contribution in [3.63, 3.8) is 0 Å². The number of pyridine rings is 1. The second kappa shape index (κ2) is 9.87. The van der Waals surface area contributed by atoms with Gasteiger partial charge in [-0.25, -0.2) is 9.97 Å². The molecule has 0 spiro atoms. The maximum Gasteiger partial charge on any atom is 0.230 e. The van der Waals surface area contributed by atoms with Crippen LogP contribution < -0.4 is 10.2 Å². The third kappa shape index (κ3) is 6.05. The molecule has 1 amide bonds. The number of anilines is 1. The van der Waals surface area contributed by atoms with Crippen LogP contribution in [0.4, 0.5) is 5.82 Å². The number of hydrogen-bond donors (Lipinski definition) is 1. The first-order chi connectivity index (χ1) is 13.1. The number of nitrogens with zero attached hydrogens (tertiary/aromatic N) is 5. The highest BCUT2D eigenvalue weighted by molar-refractivity contribution is 7.99. The molecule has 2 aromatic heterocycles. The summed E-state index contributed by atoms with van der Waals surface area (Å²) in [6, 6.07) is 5.55. The minimum Gasteiger partial charge on any atom is -0.354 e. The molecule has 7 nitrogen and oxygen atoms in total. The number of thioether (sulfide) groups is 1. The van der Waals surface area contributed by atoms with E-state index in [4.69, 9.17) is 11.6 Å². The second-order valence-corrected chi connectivity index (χ2v) is 7.51. The summed E-state index contributed by atoms with van der Waals surface area (Å²) in [5.41, 5.74) is 0.961. The first-order valence-electron chi connectivity index (χ1n) is 8.94. The standard InChI is InChI=1S/C18H23ClN6OS/c1-2-24-6-8-25(9-7-24)16-10-15(19)22-18(23-16)27-13-17(26)21-12-14-4-3-5-20-11-14/h3-5,10-11H,2,6-9,12-13H2,1H3,(H,21,26). The van der Waals surface area contributed by atoms with Gasteiger partial charge >= 0.3 is 0 Å². The topological polar surface area (TPSA) is 74.2 Å². The Kier molecular flexibility index (Phi) is 7.25. The van der Waals surface area contributed by atoms with Crippen molar-refractivity contribution in [3.8, 4) is 0 Å². The molecule has 3 heterocycles. The van der Waals surface area contributed by atoms with E-state index in [0.29, 0.717) is 16.9 Å². The molecule has 9 heteroatoms. The van der Waals surface area contributed by atoms with E-state index in [-0.39, 0.29) is 11.7 Å². The molecule has 3 rings (SSSR count). The number of piperazine rings is 1. The van der Waals surface area contributed by atoms with Crippen LogP contribution in [0.25, 0.3) is 0 Å². The number of likely N-dealkylation sites (N-methyl/N-ethyl adjacent to an activating group) is 1. The second-order valence-electron chi connectivity index (χ2n) is 6.18. The molecule has 0 aromatic carbocycles. The maximum atomic E-state index is 12.1. The fourth-order valence-corrected chi connectivity index (χ4v) is 3.70. The number of rotatable bonds is 7. The largest absolute Gasteiger partial charge is 0.354 e. The molecule has 144 valence electrons. The summed E-state index contributed by atoms with van der Waals surface area (Å²) in [5.74, 6) is 0.985. The van der Waals surface area contributed by atoms with Crippen LogP contribution in [0.15, 0.2) is 35.7 Å². The molecule has 27 heavy (non-hydrogen) atoms. The molecule has 1 aliphatic rings. The van der Waals surface area contributed by atoms with Gasteiger partial charge in [0.1, 0.15) is 11.0 Å². The van der Waals surface area contributed by atoms with E-state index in [2.05, 4.69) is 37.0 Å². The van der Waals surface area contributed by atoms with Crippen molar-refractivity contribution < 1.29 is 4.79 Å². The Morgan fingerprint density at radius 1 is 1.30 bits per heavy atom. The van der Waals surface area contributed by atoms with Crippen molar-refractivity contribution in [2.24, 2.45) is 0 Å². The third-order valence-electron chi connectivity index (χ3n) is 4.35. The monoisotopic (exact) mass is 406 g/mol. The average Bonchev–Trinajstić information content (AvgIpc) is 2.71. The number of halogens is 1. The Balaban J connectivity index is 1.52. The Bertz CT molecular complexity index is 755. The molecule has 1 fully saturated rings. The van der Waals surface area contributed by atoms with E-state index < -0.39 is 0 Å². The molecule has 1 N–H and O–H groups in total. The summed E-state index contributed by atoms with van der Waals surface area (Å²) in [6.45, 7) is 7.54. The zero-order valence-corrected chi connectivity index (χ0v) is 16.8. The predicted octanol–water partition coefficient (Wildman–Crippen LogP) is 2.08. The normalized spacial score (nSPS) is 15.0. The lowest BCUT2D eigenvalue weighted by molar-refractivity contribution is -0.118. The van der Waals surface area contributed by atoms with E-state index in [1.54, 1.807) is 18.5 Å². The van der Waals surface area contributed by atoms with Gasteiger partial charge < -0.3 is 15.1 Å². The third-order valence-corrected chi connectivity index (χ3v) is 5.39. The van der Waals surface area contributed by atoms with Gasteiger partial charge in [0.05, 0.1) is 5.75 Å². The van der Waals surface area contributed by atoms with Crippen molar-refractivity contribution in [1.29, 1.82) is 0 Å². The van der Waals surface area contributed by atoms with Crippen molar-refractivity contribution in [1.82, 2.24) is 25.2 Å². The molecular weight excluding hydrogens is 384 g/mol. The van der Waals surface area contributed by atoms with Crippen molar-refractivity contribution in [3.05, 3.63) is 41.3 Å². The number of carbonyl (C=O) groups excluding carboxylic acids is 1. The van der Waals surface area contributed by atoms with Crippen LogP contribution in [-0.2, 0) is 11.3 Å². The van der Waals surface area contributed by atoms with Crippen molar-refractivity contribution in [2.75, 3.05) is 43.4 Å². The van der Waals surface area contributed by atoms with Gasteiger partial charge in [-0.1, -0.05) is 36.4 Å². The van der Waals surface area contributed by atoms with E-state index >= 15 is 0 Å². The minimum atomic E-state index is -0.0782. The average molecular weight is 407 g/mol. The molecule has 0 unspecified atom stereocenters. The van der Waals surface area contributed by atoms with Gasteiger partial charge in [-0.05, 0) is 18.2 Å². The van der Waals surface area contributed by atoms with Gasteiger partial charge in [-0.15, -0.1) is 0 Å². The summed E-state index contributed by atoms with van der Waals surface area (Å²) < 4.78 is 0. The highest BCUT2D eigenvalue weighted by Crippen LogP contribution is 2.22. The molecule has 2 aromatic rings. The summed E-state index contributed by atoms with van der Waals surface area (Å²) in [5, 5.41) is 3.79. The van der Waals surface area contributed by atoms with Gasteiger partial charge in [-0.3, -0.25) is 9.78 Å². The molecule has 0 aliphatic carbocycles. The Labute approximate surface area is 168 Å². The summed E-state index contributed by atoms with van der Waals surface area (Å²) in [7, 11) is 0. The van der Waals surface area contributed by atoms with Gasteiger partial charge in [0, 0.05) is 51.2 Å².